The first-order chi connectivity index (χ1) is 14.1. The number of hydrogen-bond donors (Lipinski definition) is 1. The van der Waals surface area contributed by atoms with Crippen LogP contribution in [-0.2, 0) is 0 Å². The molecule has 0 unspecified atom stereocenters. The summed E-state index contributed by atoms with van der Waals surface area (Å²) in [6.07, 6.45) is 0. The molecule has 1 heterocycles. The number of nitrogens with one attached hydrogen (secondary N) is 1. The number of carbonyl (C=O) groups excluding carboxylic acids is 1. The number of amides is 1. The van der Waals surface area contributed by atoms with E-state index in [-0.39, 0.29) is 5.91 Å². The molecule has 3 aromatic carbocycles. The number of para-hydroxylation sites is 1. The topological polar surface area (TPSA) is 60.5 Å². The van der Waals surface area contributed by atoms with Crippen molar-refractivity contribution in [1.29, 1.82) is 0 Å². The van der Waals surface area contributed by atoms with Gasteiger partial charge in [-0.3, -0.25) is 4.79 Å². The molecular formula is C22H17ClN2O3S. The number of methoxy groups -OCH3 is 2. The first-order valence-electron chi connectivity index (χ1n) is 8.78. The van der Waals surface area contributed by atoms with Crippen molar-refractivity contribution < 1.29 is 14.3 Å². The van der Waals surface area contributed by atoms with Gasteiger partial charge in [-0.25, -0.2) is 4.98 Å². The molecule has 5 nitrogen and oxygen atoms in total. The number of rotatable bonds is 5. The molecule has 0 saturated carbocycles. The number of hydrogen-bond acceptors (Lipinski definition) is 5. The van der Waals surface area contributed by atoms with Crippen LogP contribution in [0.15, 0.2) is 60.7 Å². The van der Waals surface area contributed by atoms with Crippen LogP contribution in [0.2, 0.25) is 5.02 Å². The largest absolute Gasteiger partial charge is 0.495 e. The van der Waals surface area contributed by atoms with Gasteiger partial charge in [0.05, 0.1) is 35.1 Å². The molecule has 1 aromatic heterocycles. The van der Waals surface area contributed by atoms with E-state index in [2.05, 4.69) is 10.3 Å². The molecular weight excluding hydrogens is 408 g/mol. The summed E-state index contributed by atoms with van der Waals surface area (Å²) in [4.78, 5) is 17.4. The maximum atomic E-state index is 12.7. The minimum Gasteiger partial charge on any atom is -0.495 e. The number of fused-ring (bicyclic) bond motifs is 1. The van der Waals surface area contributed by atoms with Gasteiger partial charge in [0.1, 0.15) is 16.5 Å². The summed E-state index contributed by atoms with van der Waals surface area (Å²) < 4.78 is 11.7. The summed E-state index contributed by atoms with van der Waals surface area (Å²) in [5.74, 6) is 0.774. The molecule has 0 fully saturated rings. The summed E-state index contributed by atoms with van der Waals surface area (Å²) in [6, 6.07) is 18.5. The predicted molar refractivity (Wildman–Crippen MR) is 118 cm³/mol. The quantitative estimate of drug-likeness (QED) is 0.434. The predicted octanol–water partition coefficient (Wildman–Crippen LogP) is 5.89. The van der Waals surface area contributed by atoms with Crippen LogP contribution >= 0.6 is 22.9 Å². The molecule has 0 aliphatic rings. The molecule has 4 aromatic rings. The van der Waals surface area contributed by atoms with E-state index in [9.17, 15) is 4.79 Å². The number of thiazole rings is 1. The Hall–Kier alpha value is -3.09. The molecule has 146 valence electrons. The SMILES string of the molecule is COc1ccc(C(=O)Nc2cc(-c3nc4ccccc4s3)ccc2OC)cc1Cl. The summed E-state index contributed by atoms with van der Waals surface area (Å²) in [5.41, 5.74) is 2.82. The molecule has 0 saturated heterocycles. The lowest BCUT2D eigenvalue weighted by atomic mass is 10.1. The Morgan fingerprint density at radius 1 is 1.00 bits per heavy atom. The second kappa shape index (κ2) is 8.11. The number of carbonyl (C=O) groups is 1. The summed E-state index contributed by atoms with van der Waals surface area (Å²) >= 11 is 7.74. The first-order valence-corrected chi connectivity index (χ1v) is 9.97. The van der Waals surface area contributed by atoms with Gasteiger partial charge in [0, 0.05) is 11.1 Å². The van der Waals surface area contributed by atoms with Gasteiger partial charge in [-0.15, -0.1) is 11.3 Å². The highest BCUT2D eigenvalue weighted by Crippen LogP contribution is 2.35. The molecule has 0 aliphatic heterocycles. The van der Waals surface area contributed by atoms with Crippen LogP contribution in [0.5, 0.6) is 11.5 Å². The lowest BCUT2D eigenvalue weighted by Gasteiger charge is -2.12. The average Bonchev–Trinajstić information content (AvgIpc) is 3.18. The van der Waals surface area contributed by atoms with Crippen molar-refractivity contribution in [2.75, 3.05) is 19.5 Å². The first kappa shape index (κ1) is 19.2. The maximum Gasteiger partial charge on any atom is 0.255 e. The summed E-state index contributed by atoms with van der Waals surface area (Å²) in [5, 5.41) is 4.14. The smallest absolute Gasteiger partial charge is 0.255 e. The summed E-state index contributed by atoms with van der Waals surface area (Å²) in [7, 11) is 3.09. The van der Waals surface area contributed by atoms with E-state index in [1.165, 1.54) is 7.11 Å². The van der Waals surface area contributed by atoms with E-state index >= 15 is 0 Å². The molecule has 0 aliphatic carbocycles. The fourth-order valence-electron chi connectivity index (χ4n) is 2.94. The standard InChI is InChI=1S/C22H17ClN2O3S/c1-27-18-9-7-13(11-15(18)23)21(26)24-17-12-14(8-10-19(17)28-2)22-25-16-5-3-4-6-20(16)29-22/h3-12H,1-2H3,(H,24,26). The van der Waals surface area contributed by atoms with E-state index in [1.54, 1.807) is 36.6 Å². The van der Waals surface area contributed by atoms with Gasteiger partial charge in [-0.1, -0.05) is 23.7 Å². The Balaban J connectivity index is 1.66. The number of benzene rings is 3. The molecule has 0 atom stereocenters. The molecule has 1 amide bonds. The van der Waals surface area contributed by atoms with Crippen LogP contribution in [-0.4, -0.2) is 25.1 Å². The van der Waals surface area contributed by atoms with Gasteiger partial charge in [-0.05, 0) is 48.5 Å². The second-order valence-electron chi connectivity index (χ2n) is 6.21. The number of aromatic nitrogens is 1. The van der Waals surface area contributed by atoms with Crippen molar-refractivity contribution in [1.82, 2.24) is 4.98 Å². The fourth-order valence-corrected chi connectivity index (χ4v) is 4.16. The van der Waals surface area contributed by atoms with Crippen LogP contribution in [0.3, 0.4) is 0 Å². The normalized spacial score (nSPS) is 10.7. The Kier molecular flexibility index (Phi) is 5.38. The minimum atomic E-state index is -0.297. The van der Waals surface area contributed by atoms with Crippen molar-refractivity contribution in [3.8, 4) is 22.1 Å². The van der Waals surface area contributed by atoms with Crippen LogP contribution in [0.25, 0.3) is 20.8 Å². The Morgan fingerprint density at radius 3 is 2.48 bits per heavy atom. The molecule has 1 N–H and O–H groups in total. The third-order valence-corrected chi connectivity index (χ3v) is 5.78. The molecule has 0 radical (unpaired) electrons. The van der Waals surface area contributed by atoms with Gasteiger partial charge in [-0.2, -0.15) is 0 Å². The number of anilines is 1. The third-order valence-electron chi connectivity index (χ3n) is 4.40. The van der Waals surface area contributed by atoms with Crippen LogP contribution < -0.4 is 14.8 Å². The zero-order valence-corrected chi connectivity index (χ0v) is 17.3. The van der Waals surface area contributed by atoms with E-state index in [0.717, 1.165) is 20.8 Å². The van der Waals surface area contributed by atoms with Gasteiger partial charge >= 0.3 is 0 Å². The van der Waals surface area contributed by atoms with Crippen molar-refractivity contribution in [2.24, 2.45) is 0 Å². The highest BCUT2D eigenvalue weighted by molar-refractivity contribution is 7.21. The van der Waals surface area contributed by atoms with Gasteiger partial charge < -0.3 is 14.8 Å². The number of ether oxygens (including phenoxy) is 2. The molecule has 7 heteroatoms. The average molecular weight is 425 g/mol. The monoisotopic (exact) mass is 424 g/mol. The van der Waals surface area contributed by atoms with Gasteiger partial charge in [0.25, 0.3) is 5.91 Å². The third kappa shape index (κ3) is 3.90. The highest BCUT2D eigenvalue weighted by atomic mass is 35.5. The fraction of sp³-hybridized carbons (Fsp3) is 0.0909. The van der Waals surface area contributed by atoms with Crippen molar-refractivity contribution in [3.05, 3.63) is 71.2 Å². The van der Waals surface area contributed by atoms with E-state index in [4.69, 9.17) is 21.1 Å². The zero-order chi connectivity index (χ0) is 20.4. The van der Waals surface area contributed by atoms with Crippen molar-refractivity contribution >= 4 is 44.7 Å². The molecule has 0 bridgehead atoms. The number of nitrogens with zero attached hydrogens (tertiary/aromatic N) is 1. The Morgan fingerprint density at radius 2 is 1.76 bits per heavy atom. The van der Waals surface area contributed by atoms with E-state index < -0.39 is 0 Å². The zero-order valence-electron chi connectivity index (χ0n) is 15.7. The van der Waals surface area contributed by atoms with E-state index in [0.29, 0.717) is 27.8 Å². The van der Waals surface area contributed by atoms with Gasteiger partial charge in [0.15, 0.2) is 0 Å². The molecule has 4 rings (SSSR count). The minimum absolute atomic E-state index is 0.297. The van der Waals surface area contributed by atoms with Crippen LogP contribution in [0.1, 0.15) is 10.4 Å². The Labute approximate surface area is 176 Å². The lowest BCUT2D eigenvalue weighted by molar-refractivity contribution is 0.102. The van der Waals surface area contributed by atoms with Crippen molar-refractivity contribution in [2.45, 2.75) is 0 Å². The number of halogens is 1. The Bertz CT molecular complexity index is 1170. The summed E-state index contributed by atoms with van der Waals surface area (Å²) in [6.45, 7) is 0. The second-order valence-corrected chi connectivity index (χ2v) is 7.64. The lowest BCUT2D eigenvalue weighted by Crippen LogP contribution is -2.12. The van der Waals surface area contributed by atoms with Crippen molar-refractivity contribution in [3.63, 3.8) is 0 Å². The molecule has 0 spiro atoms. The van der Waals surface area contributed by atoms with Crippen LogP contribution in [0, 0.1) is 0 Å². The maximum absolute atomic E-state index is 12.7. The van der Waals surface area contributed by atoms with Crippen LogP contribution in [0.4, 0.5) is 5.69 Å². The molecule has 29 heavy (non-hydrogen) atoms. The highest BCUT2D eigenvalue weighted by Gasteiger charge is 2.14. The van der Waals surface area contributed by atoms with Gasteiger partial charge in [0.2, 0.25) is 0 Å². The van der Waals surface area contributed by atoms with E-state index in [1.807, 2.05) is 42.5 Å².